The Morgan fingerprint density at radius 1 is 1.19 bits per heavy atom. The number of carbonyl (C=O) groups excluding carboxylic acids is 1. The van der Waals surface area contributed by atoms with Crippen molar-refractivity contribution in [2.24, 2.45) is 0 Å². The average molecular weight is 300 g/mol. The van der Waals surface area contributed by atoms with Crippen molar-refractivity contribution in [2.45, 2.75) is 31.2 Å². The number of aromatic nitrogens is 1. The Hall–Kier alpha value is -1.81. The minimum Gasteiger partial charge on any atom is -0.326 e. The summed E-state index contributed by atoms with van der Waals surface area (Å²) in [5, 5.41) is 3.87. The molecule has 0 aliphatic carbocycles. The lowest BCUT2D eigenvalue weighted by molar-refractivity contribution is -0.115. The summed E-state index contributed by atoms with van der Waals surface area (Å²) in [4.78, 5) is 16.1. The van der Waals surface area contributed by atoms with Crippen molar-refractivity contribution < 1.29 is 4.79 Å². The lowest BCUT2D eigenvalue weighted by Crippen LogP contribution is -2.12. The number of rotatable bonds is 6. The van der Waals surface area contributed by atoms with Gasteiger partial charge in [-0.25, -0.2) is 4.98 Å². The van der Waals surface area contributed by atoms with E-state index < -0.39 is 0 Å². The predicted molar refractivity (Wildman–Crippen MR) is 88.7 cm³/mol. The van der Waals surface area contributed by atoms with Crippen LogP contribution in [0.15, 0.2) is 53.7 Å². The number of nitrogens with zero attached hydrogens (tertiary/aromatic N) is 1. The Morgan fingerprint density at radius 3 is 2.57 bits per heavy atom. The van der Waals surface area contributed by atoms with Crippen LogP contribution in [0.3, 0.4) is 0 Å². The number of hydrogen-bond acceptors (Lipinski definition) is 3. The van der Waals surface area contributed by atoms with Gasteiger partial charge in [-0.1, -0.05) is 32.0 Å². The van der Waals surface area contributed by atoms with Crippen LogP contribution in [0.5, 0.6) is 0 Å². The van der Waals surface area contributed by atoms with Gasteiger partial charge in [0.1, 0.15) is 0 Å². The van der Waals surface area contributed by atoms with Crippen molar-refractivity contribution in [1.82, 2.24) is 4.98 Å². The fourth-order valence-corrected chi connectivity index (χ4v) is 2.66. The average Bonchev–Trinajstić information content (AvgIpc) is 2.49. The first kappa shape index (κ1) is 15.6. The summed E-state index contributed by atoms with van der Waals surface area (Å²) in [6.45, 7) is 4.31. The number of nitrogens with one attached hydrogen (secondary N) is 1. The third-order valence-corrected chi connectivity index (χ3v) is 4.02. The molecule has 0 fully saturated rings. The molecule has 0 aliphatic heterocycles. The van der Waals surface area contributed by atoms with Crippen LogP contribution < -0.4 is 5.32 Å². The highest BCUT2D eigenvalue weighted by atomic mass is 32.2. The quantitative estimate of drug-likeness (QED) is 0.808. The van der Waals surface area contributed by atoms with E-state index in [0.29, 0.717) is 12.3 Å². The smallest absolute Gasteiger partial charge is 0.225 e. The van der Waals surface area contributed by atoms with Crippen LogP contribution in [-0.2, 0) is 4.79 Å². The molecule has 0 bridgehead atoms. The molecule has 0 spiro atoms. The first-order valence-corrected chi connectivity index (χ1v) is 8.07. The molecule has 1 heterocycles. The number of carbonyl (C=O) groups is 1. The summed E-state index contributed by atoms with van der Waals surface area (Å²) >= 11 is 1.59. The molecule has 1 aromatic carbocycles. The molecule has 0 saturated carbocycles. The molecule has 21 heavy (non-hydrogen) atoms. The Morgan fingerprint density at radius 2 is 1.95 bits per heavy atom. The lowest BCUT2D eigenvalue weighted by Gasteiger charge is -2.08. The van der Waals surface area contributed by atoms with E-state index in [9.17, 15) is 4.79 Å². The first-order chi connectivity index (χ1) is 10.1. The zero-order valence-electron chi connectivity index (χ0n) is 12.4. The van der Waals surface area contributed by atoms with E-state index in [1.165, 1.54) is 5.56 Å². The Bertz CT molecular complexity index is 567. The van der Waals surface area contributed by atoms with E-state index in [1.807, 2.05) is 30.3 Å². The van der Waals surface area contributed by atoms with Crippen LogP contribution in [0.2, 0.25) is 0 Å². The maximum absolute atomic E-state index is 11.9. The second-order valence-corrected chi connectivity index (χ2v) is 6.21. The SMILES string of the molecule is CC(C)c1ccc(NC(=O)CCSc2ccccn2)cc1. The van der Waals surface area contributed by atoms with Gasteiger partial charge in [-0.15, -0.1) is 11.8 Å². The first-order valence-electron chi connectivity index (χ1n) is 7.09. The van der Waals surface area contributed by atoms with Crippen LogP contribution in [-0.4, -0.2) is 16.6 Å². The standard InChI is InChI=1S/C17H20N2OS/c1-13(2)14-6-8-15(9-7-14)19-16(20)10-12-21-17-5-3-4-11-18-17/h3-9,11,13H,10,12H2,1-2H3,(H,19,20). The number of hydrogen-bond donors (Lipinski definition) is 1. The van der Waals surface area contributed by atoms with Gasteiger partial charge in [0.15, 0.2) is 0 Å². The third kappa shape index (κ3) is 5.23. The number of anilines is 1. The second kappa shape index (κ2) is 7.84. The molecule has 4 heteroatoms. The van der Waals surface area contributed by atoms with Crippen molar-refractivity contribution in [2.75, 3.05) is 11.1 Å². The van der Waals surface area contributed by atoms with Crippen LogP contribution in [0.4, 0.5) is 5.69 Å². The van der Waals surface area contributed by atoms with E-state index in [0.717, 1.165) is 16.5 Å². The molecule has 1 N–H and O–H groups in total. The van der Waals surface area contributed by atoms with Gasteiger partial charge in [-0.05, 0) is 35.7 Å². The monoisotopic (exact) mass is 300 g/mol. The third-order valence-electron chi connectivity index (χ3n) is 3.08. The van der Waals surface area contributed by atoms with E-state index in [2.05, 4.69) is 36.3 Å². The van der Waals surface area contributed by atoms with E-state index in [4.69, 9.17) is 0 Å². The number of pyridine rings is 1. The van der Waals surface area contributed by atoms with Crippen molar-refractivity contribution in [1.29, 1.82) is 0 Å². The highest BCUT2D eigenvalue weighted by Crippen LogP contribution is 2.18. The normalized spacial score (nSPS) is 10.6. The van der Waals surface area contributed by atoms with E-state index in [-0.39, 0.29) is 5.91 Å². The fourth-order valence-electron chi connectivity index (χ4n) is 1.86. The minimum absolute atomic E-state index is 0.0377. The predicted octanol–water partition coefficient (Wildman–Crippen LogP) is 4.33. The van der Waals surface area contributed by atoms with Crippen molar-refractivity contribution in [3.63, 3.8) is 0 Å². The molecule has 0 saturated heterocycles. The summed E-state index contributed by atoms with van der Waals surface area (Å²) in [6, 6.07) is 13.8. The van der Waals surface area contributed by atoms with Gasteiger partial charge in [0.25, 0.3) is 0 Å². The maximum Gasteiger partial charge on any atom is 0.225 e. The van der Waals surface area contributed by atoms with E-state index >= 15 is 0 Å². The molecule has 1 aromatic heterocycles. The number of thioether (sulfide) groups is 1. The van der Waals surface area contributed by atoms with Crippen molar-refractivity contribution in [3.05, 3.63) is 54.2 Å². The molecule has 3 nitrogen and oxygen atoms in total. The molecule has 0 radical (unpaired) electrons. The fraction of sp³-hybridized carbons (Fsp3) is 0.294. The molecule has 0 unspecified atom stereocenters. The van der Waals surface area contributed by atoms with Crippen LogP contribution in [0.1, 0.15) is 31.7 Å². The highest BCUT2D eigenvalue weighted by Gasteiger charge is 2.04. The van der Waals surface area contributed by atoms with Gasteiger partial charge in [0.05, 0.1) is 5.03 Å². The largest absolute Gasteiger partial charge is 0.326 e. The summed E-state index contributed by atoms with van der Waals surface area (Å²) in [5.41, 5.74) is 2.13. The molecule has 0 aliphatic rings. The zero-order chi connectivity index (χ0) is 15.1. The van der Waals surface area contributed by atoms with Gasteiger partial charge < -0.3 is 5.32 Å². The lowest BCUT2D eigenvalue weighted by atomic mass is 10.0. The summed E-state index contributed by atoms with van der Waals surface area (Å²) in [5.74, 6) is 1.27. The van der Waals surface area contributed by atoms with Crippen molar-refractivity contribution >= 4 is 23.4 Å². The van der Waals surface area contributed by atoms with Gasteiger partial charge >= 0.3 is 0 Å². The molecule has 110 valence electrons. The Labute approximate surface area is 130 Å². The van der Waals surface area contributed by atoms with Gasteiger partial charge in [0, 0.05) is 24.1 Å². The zero-order valence-corrected chi connectivity index (χ0v) is 13.2. The Balaban J connectivity index is 1.76. The minimum atomic E-state index is 0.0377. The number of benzene rings is 1. The van der Waals surface area contributed by atoms with E-state index in [1.54, 1.807) is 18.0 Å². The summed E-state index contributed by atoms with van der Waals surface area (Å²) in [6.07, 6.45) is 2.24. The molecule has 1 amide bonds. The van der Waals surface area contributed by atoms with Gasteiger partial charge in [-0.2, -0.15) is 0 Å². The molecule has 0 atom stereocenters. The second-order valence-electron chi connectivity index (χ2n) is 5.09. The van der Waals surface area contributed by atoms with Crippen molar-refractivity contribution in [3.8, 4) is 0 Å². The topological polar surface area (TPSA) is 42.0 Å². The van der Waals surface area contributed by atoms with Gasteiger partial charge in [0.2, 0.25) is 5.91 Å². The molecular weight excluding hydrogens is 280 g/mol. The summed E-state index contributed by atoms with van der Waals surface area (Å²) < 4.78 is 0. The van der Waals surface area contributed by atoms with Gasteiger partial charge in [-0.3, -0.25) is 4.79 Å². The maximum atomic E-state index is 11.9. The number of amides is 1. The summed E-state index contributed by atoms with van der Waals surface area (Å²) in [7, 11) is 0. The Kier molecular flexibility index (Phi) is 5.81. The molecular formula is C17H20N2OS. The van der Waals surface area contributed by atoms with Crippen LogP contribution in [0, 0.1) is 0 Å². The van der Waals surface area contributed by atoms with Crippen LogP contribution in [0.25, 0.3) is 0 Å². The van der Waals surface area contributed by atoms with Crippen LogP contribution >= 0.6 is 11.8 Å². The highest BCUT2D eigenvalue weighted by molar-refractivity contribution is 7.99. The molecule has 2 rings (SSSR count). The molecule has 2 aromatic rings.